The van der Waals surface area contributed by atoms with Gasteiger partial charge in [-0.2, -0.15) is 4.98 Å². The topological polar surface area (TPSA) is 73.8 Å². The van der Waals surface area contributed by atoms with Crippen molar-refractivity contribution in [3.8, 4) is 0 Å². The van der Waals surface area contributed by atoms with Crippen LogP contribution in [0.15, 0.2) is 36.5 Å². The number of cyclic esters (lactones) is 1. The van der Waals surface area contributed by atoms with E-state index in [0.29, 0.717) is 18.4 Å². The first-order chi connectivity index (χ1) is 16.1. The molecule has 0 aliphatic carbocycles. The third-order valence-corrected chi connectivity index (χ3v) is 7.19. The first kappa shape index (κ1) is 24.4. The molecule has 2 aliphatic heterocycles. The second kappa shape index (κ2) is 9.88. The predicted molar refractivity (Wildman–Crippen MR) is 135 cm³/mol. The Morgan fingerprint density at radius 3 is 2.56 bits per heavy atom. The summed E-state index contributed by atoms with van der Waals surface area (Å²) < 4.78 is 5.27. The number of rotatable bonds is 7. The zero-order chi connectivity index (χ0) is 24.5. The average molecular weight is 467 g/mol. The van der Waals surface area contributed by atoms with Crippen LogP contribution in [0, 0.1) is 5.92 Å². The fourth-order valence-corrected chi connectivity index (χ4v) is 4.67. The molecule has 0 unspecified atom stereocenters. The predicted octanol–water partition coefficient (Wildman–Crippen LogP) is 4.16. The zero-order valence-electron chi connectivity index (χ0n) is 21.3. The minimum Gasteiger partial charge on any atom is -0.447 e. The fourth-order valence-electron chi connectivity index (χ4n) is 4.67. The van der Waals surface area contributed by atoms with Gasteiger partial charge in [-0.15, -0.1) is 0 Å². The van der Waals surface area contributed by atoms with Crippen molar-refractivity contribution in [2.45, 2.75) is 58.8 Å². The minimum atomic E-state index is -0.351. The summed E-state index contributed by atoms with van der Waals surface area (Å²) >= 11 is 0. The van der Waals surface area contributed by atoms with Crippen molar-refractivity contribution in [3.63, 3.8) is 0 Å². The van der Waals surface area contributed by atoms with Gasteiger partial charge in [-0.1, -0.05) is 38.1 Å². The van der Waals surface area contributed by atoms with Crippen LogP contribution in [-0.4, -0.2) is 70.7 Å². The molecule has 1 amide bonds. The van der Waals surface area contributed by atoms with Crippen molar-refractivity contribution >= 4 is 17.9 Å². The Balaban J connectivity index is 1.39. The monoisotopic (exact) mass is 466 g/mol. The van der Waals surface area contributed by atoms with Crippen LogP contribution in [-0.2, 0) is 11.3 Å². The molecule has 184 valence electrons. The van der Waals surface area contributed by atoms with Gasteiger partial charge in [-0.05, 0) is 50.9 Å². The van der Waals surface area contributed by atoms with E-state index in [1.807, 2.05) is 0 Å². The number of benzene rings is 1. The van der Waals surface area contributed by atoms with E-state index in [4.69, 9.17) is 4.74 Å². The number of amides is 1. The maximum Gasteiger partial charge on any atom is 0.415 e. The van der Waals surface area contributed by atoms with Crippen LogP contribution in [0.25, 0.3) is 0 Å². The van der Waals surface area contributed by atoms with E-state index in [1.54, 1.807) is 17.2 Å². The lowest BCUT2D eigenvalue weighted by molar-refractivity contribution is 0.0360. The molecular weight excluding hydrogens is 428 g/mol. The number of carbonyl (C=O) groups is 1. The summed E-state index contributed by atoms with van der Waals surface area (Å²) in [5.41, 5.74) is 2.69. The Hall–Kier alpha value is -2.71. The van der Waals surface area contributed by atoms with E-state index in [0.717, 1.165) is 31.7 Å². The van der Waals surface area contributed by atoms with Gasteiger partial charge < -0.3 is 10.1 Å². The summed E-state index contributed by atoms with van der Waals surface area (Å²) in [6, 6.07) is 10.5. The molecule has 1 aromatic heterocycles. The normalized spacial score (nSPS) is 22.1. The smallest absolute Gasteiger partial charge is 0.415 e. The lowest BCUT2D eigenvalue weighted by atomic mass is 9.99. The molecule has 8 heteroatoms. The molecular formula is C26H38N6O2. The number of nitrogens with zero attached hydrogens (tertiary/aromatic N) is 5. The van der Waals surface area contributed by atoms with Crippen LogP contribution >= 0.6 is 0 Å². The van der Waals surface area contributed by atoms with Gasteiger partial charge in [-0.3, -0.25) is 14.7 Å². The molecule has 2 atom stereocenters. The van der Waals surface area contributed by atoms with Crippen molar-refractivity contribution in [1.29, 1.82) is 0 Å². The maximum absolute atomic E-state index is 12.3. The molecule has 0 spiro atoms. The number of likely N-dealkylation sites (N-methyl/N-ethyl adjacent to an activating group) is 1. The number of anilines is 2. The lowest BCUT2D eigenvalue weighted by Gasteiger charge is -2.45. The first-order valence-electron chi connectivity index (χ1n) is 12.2. The summed E-state index contributed by atoms with van der Waals surface area (Å²) in [6.07, 6.45) is 1.33. The molecule has 2 aromatic rings. The second-order valence-electron chi connectivity index (χ2n) is 10.5. The van der Waals surface area contributed by atoms with Gasteiger partial charge >= 0.3 is 6.09 Å². The Morgan fingerprint density at radius 2 is 1.88 bits per heavy atom. The highest BCUT2D eigenvalue weighted by molar-refractivity contribution is 5.89. The van der Waals surface area contributed by atoms with E-state index in [9.17, 15) is 4.79 Å². The third-order valence-electron chi connectivity index (χ3n) is 7.19. The Labute approximate surface area is 203 Å². The summed E-state index contributed by atoms with van der Waals surface area (Å²) in [4.78, 5) is 27.9. The Kier molecular flexibility index (Phi) is 7.09. The Bertz CT molecular complexity index is 993. The second-order valence-corrected chi connectivity index (χ2v) is 10.5. The minimum absolute atomic E-state index is 0.0221. The number of hydrogen-bond acceptors (Lipinski definition) is 7. The number of nitrogens with one attached hydrogen (secondary N) is 1. The van der Waals surface area contributed by atoms with Crippen LogP contribution < -0.4 is 10.2 Å². The van der Waals surface area contributed by atoms with E-state index in [1.165, 1.54) is 5.56 Å². The van der Waals surface area contributed by atoms with Crippen molar-refractivity contribution < 1.29 is 9.53 Å². The van der Waals surface area contributed by atoms with Gasteiger partial charge in [0.25, 0.3) is 0 Å². The van der Waals surface area contributed by atoms with Gasteiger partial charge in [0.1, 0.15) is 12.4 Å². The molecule has 1 N–H and O–H groups in total. The summed E-state index contributed by atoms with van der Waals surface area (Å²) in [5.74, 6) is 1.33. The molecule has 4 rings (SSSR count). The number of ether oxygens (including phenoxy) is 1. The van der Waals surface area contributed by atoms with Gasteiger partial charge in [0.05, 0.1) is 12.1 Å². The highest BCUT2D eigenvalue weighted by Gasteiger charge is 2.37. The van der Waals surface area contributed by atoms with Crippen molar-refractivity contribution in [2.75, 3.05) is 43.5 Å². The number of piperazine rings is 1. The van der Waals surface area contributed by atoms with Crippen LogP contribution in [0.1, 0.15) is 51.8 Å². The number of hydrogen-bond donors (Lipinski definition) is 1. The standard InChI is InChI=1S/C26H38N6O2/c1-18(2)22-16-34-25(33)32(22)23-11-12-27-24(29-23)28-19(3)21-9-7-20(8-10-21)15-31-14-13-30(6)26(4,5)17-31/h7-12,18-19,22H,13-17H2,1-6H3,(H,27,28,29)/t19-,22+/m0/s1. The first-order valence-corrected chi connectivity index (χ1v) is 12.2. The SMILES string of the molecule is CC(C)[C@H]1COC(=O)N1c1ccnc(N[C@@H](C)c2ccc(CN3CCN(C)C(C)(C)C3)cc2)n1. The van der Waals surface area contributed by atoms with Crippen LogP contribution in [0.2, 0.25) is 0 Å². The molecule has 2 saturated heterocycles. The molecule has 8 nitrogen and oxygen atoms in total. The van der Waals surface area contributed by atoms with Crippen LogP contribution in [0.5, 0.6) is 0 Å². The quantitative estimate of drug-likeness (QED) is 0.657. The molecule has 0 bridgehead atoms. The van der Waals surface area contributed by atoms with Crippen molar-refractivity contribution in [2.24, 2.45) is 5.92 Å². The molecule has 0 saturated carbocycles. The van der Waals surface area contributed by atoms with Gasteiger partial charge in [0.15, 0.2) is 0 Å². The fraction of sp³-hybridized carbons (Fsp3) is 0.577. The van der Waals surface area contributed by atoms with E-state index in [2.05, 4.69) is 91.0 Å². The van der Waals surface area contributed by atoms with Crippen molar-refractivity contribution in [1.82, 2.24) is 19.8 Å². The van der Waals surface area contributed by atoms with E-state index < -0.39 is 0 Å². The van der Waals surface area contributed by atoms with Crippen LogP contribution in [0.3, 0.4) is 0 Å². The molecule has 34 heavy (non-hydrogen) atoms. The van der Waals surface area contributed by atoms with Gasteiger partial charge in [0.2, 0.25) is 5.95 Å². The maximum atomic E-state index is 12.3. The van der Waals surface area contributed by atoms with Crippen molar-refractivity contribution in [3.05, 3.63) is 47.7 Å². The van der Waals surface area contributed by atoms with E-state index >= 15 is 0 Å². The number of aromatic nitrogens is 2. The summed E-state index contributed by atoms with van der Waals surface area (Å²) in [5, 5.41) is 3.38. The third kappa shape index (κ3) is 5.33. The zero-order valence-corrected chi connectivity index (χ0v) is 21.3. The number of carbonyl (C=O) groups excluding carboxylic acids is 1. The Morgan fingerprint density at radius 1 is 1.15 bits per heavy atom. The van der Waals surface area contributed by atoms with Gasteiger partial charge in [-0.25, -0.2) is 9.78 Å². The van der Waals surface area contributed by atoms with Crippen LogP contribution in [0.4, 0.5) is 16.6 Å². The highest BCUT2D eigenvalue weighted by atomic mass is 16.6. The molecule has 0 radical (unpaired) electrons. The largest absolute Gasteiger partial charge is 0.447 e. The molecule has 1 aromatic carbocycles. The summed E-state index contributed by atoms with van der Waals surface area (Å²) in [7, 11) is 2.21. The molecule has 3 heterocycles. The lowest BCUT2D eigenvalue weighted by Crippen LogP contribution is -2.57. The average Bonchev–Trinajstić information content (AvgIpc) is 3.18. The molecule has 2 fully saturated rings. The summed E-state index contributed by atoms with van der Waals surface area (Å²) in [6.45, 7) is 15.5. The molecule has 2 aliphatic rings. The van der Waals surface area contributed by atoms with E-state index in [-0.39, 0.29) is 29.6 Å². The van der Waals surface area contributed by atoms with Gasteiger partial charge in [0, 0.05) is 37.9 Å². The highest BCUT2D eigenvalue weighted by Crippen LogP contribution is 2.27.